The van der Waals surface area contributed by atoms with E-state index in [-0.39, 0.29) is 5.02 Å². The Bertz CT molecular complexity index is 866. The monoisotopic (exact) mass is 367 g/mol. The number of hydrogen-bond acceptors (Lipinski definition) is 4. The molecule has 1 atom stereocenters. The number of anilines is 1. The fraction of sp³-hybridized carbons (Fsp3) is 0.312. The lowest BCUT2D eigenvalue weighted by atomic mass is 10.1. The summed E-state index contributed by atoms with van der Waals surface area (Å²) < 4.78 is 1.18. The number of aromatic nitrogens is 2. The number of benzene rings is 1. The number of carboxylic acids is 1. The van der Waals surface area contributed by atoms with Crippen LogP contribution < -0.4 is 10.5 Å². The highest BCUT2D eigenvalue weighted by molar-refractivity contribution is 6.33. The van der Waals surface area contributed by atoms with E-state index in [1.807, 2.05) is 6.92 Å². The van der Waals surface area contributed by atoms with Crippen molar-refractivity contribution in [1.29, 1.82) is 0 Å². The van der Waals surface area contributed by atoms with Crippen molar-refractivity contribution in [3.05, 3.63) is 50.4 Å². The lowest BCUT2D eigenvalue weighted by Crippen LogP contribution is -2.28. The average Bonchev–Trinajstić information content (AvgIpc) is 3.03. The van der Waals surface area contributed by atoms with Gasteiger partial charge in [-0.3, -0.25) is 9.59 Å². The molecule has 1 saturated heterocycles. The zero-order valence-electron chi connectivity index (χ0n) is 12.9. The summed E-state index contributed by atoms with van der Waals surface area (Å²) in [6.07, 6.45) is 2.00. The van der Waals surface area contributed by atoms with E-state index in [0.29, 0.717) is 35.9 Å². The summed E-state index contributed by atoms with van der Waals surface area (Å²) in [7, 11) is 0. The number of nitrogens with zero attached hydrogens (tertiary/aromatic N) is 3. The van der Waals surface area contributed by atoms with Crippen LogP contribution in [0.15, 0.2) is 29.2 Å². The third-order valence-electron chi connectivity index (χ3n) is 4.18. The van der Waals surface area contributed by atoms with Gasteiger partial charge >= 0.3 is 5.97 Å². The predicted octanol–water partition coefficient (Wildman–Crippen LogP) is 2.76. The van der Waals surface area contributed by atoms with Gasteiger partial charge in [-0.05, 0) is 31.0 Å². The fourth-order valence-electron chi connectivity index (χ4n) is 2.72. The quantitative estimate of drug-likeness (QED) is 0.902. The van der Waals surface area contributed by atoms with Crippen molar-refractivity contribution in [2.45, 2.75) is 13.3 Å². The molecule has 0 saturated carbocycles. The molecule has 2 aromatic rings. The maximum atomic E-state index is 12.5. The molecule has 1 aliphatic rings. The third kappa shape index (κ3) is 2.99. The first-order valence-corrected chi connectivity index (χ1v) is 8.16. The van der Waals surface area contributed by atoms with Crippen LogP contribution in [0.1, 0.15) is 12.0 Å². The van der Waals surface area contributed by atoms with Gasteiger partial charge in [0, 0.05) is 18.1 Å². The third-order valence-corrected chi connectivity index (χ3v) is 4.94. The molecular weight excluding hydrogens is 353 g/mol. The number of rotatable bonds is 3. The fourth-order valence-corrected chi connectivity index (χ4v) is 3.15. The summed E-state index contributed by atoms with van der Waals surface area (Å²) in [5, 5.41) is 13.8. The van der Waals surface area contributed by atoms with E-state index < -0.39 is 17.4 Å². The van der Waals surface area contributed by atoms with Crippen molar-refractivity contribution in [2.24, 2.45) is 5.92 Å². The summed E-state index contributed by atoms with van der Waals surface area (Å²) in [6, 6.07) is 5.19. The number of aryl methyl sites for hydroxylation is 1. The molecule has 0 aliphatic carbocycles. The highest BCUT2D eigenvalue weighted by atomic mass is 35.5. The molecule has 24 heavy (non-hydrogen) atoms. The SMILES string of the molecule is Cc1ccc(-n2ncc(N3CCC(C(=O)O)C3)c(Cl)c2=O)cc1Cl. The van der Waals surface area contributed by atoms with Crippen molar-refractivity contribution in [1.82, 2.24) is 9.78 Å². The minimum Gasteiger partial charge on any atom is -0.481 e. The molecule has 1 aromatic carbocycles. The molecule has 0 radical (unpaired) electrons. The van der Waals surface area contributed by atoms with Crippen molar-refractivity contribution >= 4 is 34.9 Å². The van der Waals surface area contributed by atoms with Gasteiger partial charge in [-0.15, -0.1) is 0 Å². The Morgan fingerprint density at radius 1 is 1.38 bits per heavy atom. The van der Waals surface area contributed by atoms with Gasteiger partial charge in [0.15, 0.2) is 0 Å². The van der Waals surface area contributed by atoms with Crippen LogP contribution in [0.2, 0.25) is 10.0 Å². The Morgan fingerprint density at radius 3 is 2.75 bits per heavy atom. The molecule has 6 nitrogen and oxygen atoms in total. The van der Waals surface area contributed by atoms with Gasteiger partial charge in [0.2, 0.25) is 0 Å². The van der Waals surface area contributed by atoms with Crippen LogP contribution in [0, 0.1) is 12.8 Å². The molecule has 126 valence electrons. The normalized spacial score (nSPS) is 17.3. The molecule has 1 unspecified atom stereocenters. The minimum atomic E-state index is -0.843. The number of aliphatic carboxylic acids is 1. The lowest BCUT2D eigenvalue weighted by Gasteiger charge is -2.19. The minimum absolute atomic E-state index is 0.0211. The molecule has 1 N–H and O–H groups in total. The van der Waals surface area contributed by atoms with E-state index >= 15 is 0 Å². The van der Waals surface area contributed by atoms with Crippen LogP contribution in [0.5, 0.6) is 0 Å². The van der Waals surface area contributed by atoms with Gasteiger partial charge < -0.3 is 10.0 Å². The van der Waals surface area contributed by atoms with Crippen LogP contribution in [0.3, 0.4) is 0 Å². The van der Waals surface area contributed by atoms with E-state index in [9.17, 15) is 9.59 Å². The molecule has 0 amide bonds. The van der Waals surface area contributed by atoms with Gasteiger partial charge in [-0.25, -0.2) is 0 Å². The smallest absolute Gasteiger partial charge is 0.308 e. The van der Waals surface area contributed by atoms with Gasteiger partial charge in [-0.1, -0.05) is 29.3 Å². The van der Waals surface area contributed by atoms with Crippen LogP contribution in [0.25, 0.3) is 5.69 Å². The molecule has 1 aromatic heterocycles. The Balaban J connectivity index is 1.96. The molecule has 2 heterocycles. The molecule has 1 aliphatic heterocycles. The second kappa shape index (κ2) is 6.45. The molecule has 8 heteroatoms. The van der Waals surface area contributed by atoms with Gasteiger partial charge in [-0.2, -0.15) is 9.78 Å². The van der Waals surface area contributed by atoms with E-state index in [1.165, 1.54) is 10.9 Å². The van der Waals surface area contributed by atoms with Gasteiger partial charge in [0.05, 0.1) is 23.5 Å². The molecule has 0 bridgehead atoms. The highest BCUT2D eigenvalue weighted by Gasteiger charge is 2.30. The second-order valence-corrected chi connectivity index (χ2v) is 6.55. The molecule has 1 fully saturated rings. The first-order chi connectivity index (χ1) is 11.4. The second-order valence-electron chi connectivity index (χ2n) is 5.76. The number of carboxylic acid groups (broad SMARTS) is 1. The first-order valence-electron chi connectivity index (χ1n) is 7.40. The largest absolute Gasteiger partial charge is 0.481 e. The topological polar surface area (TPSA) is 75.4 Å². The maximum Gasteiger partial charge on any atom is 0.308 e. The standard InChI is InChI=1S/C16H15Cl2N3O3/c1-9-2-3-11(6-12(9)17)21-15(22)14(18)13(7-19-21)20-5-4-10(8-20)16(23)24/h2-3,6-7,10H,4-5,8H2,1H3,(H,23,24). The molecule has 0 spiro atoms. The van der Waals surface area contributed by atoms with Crippen LogP contribution in [0.4, 0.5) is 5.69 Å². The summed E-state index contributed by atoms with van der Waals surface area (Å²) in [5.74, 6) is -1.30. The Morgan fingerprint density at radius 2 is 2.12 bits per heavy atom. The van der Waals surface area contributed by atoms with E-state index in [2.05, 4.69) is 5.10 Å². The van der Waals surface area contributed by atoms with Crippen LogP contribution in [-0.4, -0.2) is 33.9 Å². The van der Waals surface area contributed by atoms with Crippen molar-refractivity contribution in [2.75, 3.05) is 18.0 Å². The van der Waals surface area contributed by atoms with Crippen molar-refractivity contribution in [3.8, 4) is 5.69 Å². The summed E-state index contributed by atoms with van der Waals surface area (Å²) in [6.45, 7) is 2.71. The lowest BCUT2D eigenvalue weighted by molar-refractivity contribution is -0.140. The average molecular weight is 368 g/mol. The van der Waals surface area contributed by atoms with E-state index in [1.54, 1.807) is 23.1 Å². The Labute approximate surface area is 148 Å². The summed E-state index contributed by atoms with van der Waals surface area (Å²) in [4.78, 5) is 25.4. The zero-order chi connectivity index (χ0) is 17.4. The van der Waals surface area contributed by atoms with E-state index in [4.69, 9.17) is 28.3 Å². The number of carbonyl (C=O) groups is 1. The Kier molecular flexibility index (Phi) is 4.51. The van der Waals surface area contributed by atoms with Crippen LogP contribution in [-0.2, 0) is 4.79 Å². The first kappa shape index (κ1) is 16.8. The Hall–Kier alpha value is -2.05. The number of hydrogen-bond donors (Lipinski definition) is 1. The number of halogens is 2. The maximum absolute atomic E-state index is 12.5. The highest BCUT2D eigenvalue weighted by Crippen LogP contribution is 2.28. The summed E-state index contributed by atoms with van der Waals surface area (Å²) >= 11 is 12.3. The summed E-state index contributed by atoms with van der Waals surface area (Å²) in [5.41, 5.74) is 1.41. The predicted molar refractivity (Wildman–Crippen MR) is 92.5 cm³/mol. The van der Waals surface area contributed by atoms with Gasteiger partial charge in [0.1, 0.15) is 5.02 Å². The zero-order valence-corrected chi connectivity index (χ0v) is 14.4. The van der Waals surface area contributed by atoms with Crippen molar-refractivity contribution < 1.29 is 9.90 Å². The molecule has 3 rings (SSSR count). The van der Waals surface area contributed by atoms with Gasteiger partial charge in [0.25, 0.3) is 5.56 Å². The van der Waals surface area contributed by atoms with E-state index in [0.717, 1.165) is 5.56 Å². The van der Waals surface area contributed by atoms with Crippen molar-refractivity contribution in [3.63, 3.8) is 0 Å². The van der Waals surface area contributed by atoms with Crippen LogP contribution >= 0.6 is 23.2 Å². The molecular formula is C16H15Cl2N3O3.